The molecule has 0 aliphatic carbocycles. The van der Waals surface area contributed by atoms with E-state index in [0.29, 0.717) is 12.1 Å². The van der Waals surface area contributed by atoms with E-state index < -0.39 is 0 Å². The van der Waals surface area contributed by atoms with E-state index in [1.807, 2.05) is 18.2 Å². The van der Waals surface area contributed by atoms with Gasteiger partial charge in [0, 0.05) is 17.7 Å². The third-order valence-electron chi connectivity index (χ3n) is 3.09. The monoisotopic (exact) mass is 239 g/mol. The van der Waals surface area contributed by atoms with Gasteiger partial charge in [-0.15, -0.1) is 0 Å². The Morgan fingerprint density at radius 1 is 1.50 bits per heavy atom. The van der Waals surface area contributed by atoms with E-state index in [0.717, 1.165) is 31.0 Å². The Hall–Kier alpha value is -0.570. The third-order valence-corrected chi connectivity index (χ3v) is 3.32. The summed E-state index contributed by atoms with van der Waals surface area (Å²) in [6.07, 6.45) is 2.49. The molecule has 1 aliphatic rings. The van der Waals surface area contributed by atoms with Crippen molar-refractivity contribution >= 4 is 11.6 Å². The number of rotatable bonds is 4. The predicted molar refractivity (Wildman–Crippen MR) is 67.0 cm³/mol. The van der Waals surface area contributed by atoms with Crippen LogP contribution in [0, 0.1) is 0 Å². The van der Waals surface area contributed by atoms with Crippen molar-refractivity contribution in [1.82, 2.24) is 5.32 Å². The van der Waals surface area contributed by atoms with Crippen LogP contribution in [0.5, 0.6) is 0 Å². The molecule has 1 N–H and O–H groups in total. The fraction of sp³-hybridized carbons (Fsp3) is 0.538. The summed E-state index contributed by atoms with van der Waals surface area (Å²) in [4.78, 5) is 0. The fourth-order valence-electron chi connectivity index (χ4n) is 2.09. The molecule has 0 saturated carbocycles. The van der Waals surface area contributed by atoms with Crippen molar-refractivity contribution in [3.63, 3.8) is 0 Å². The molecule has 2 nitrogen and oxygen atoms in total. The Balaban J connectivity index is 1.75. The van der Waals surface area contributed by atoms with Gasteiger partial charge >= 0.3 is 0 Å². The van der Waals surface area contributed by atoms with Crippen molar-refractivity contribution in [2.24, 2.45) is 0 Å². The maximum Gasteiger partial charge on any atom is 0.0700 e. The lowest BCUT2D eigenvalue weighted by Crippen LogP contribution is -2.35. The van der Waals surface area contributed by atoms with Crippen LogP contribution in [-0.2, 0) is 11.2 Å². The minimum Gasteiger partial charge on any atom is -0.377 e. The van der Waals surface area contributed by atoms with Crippen LogP contribution in [0.3, 0.4) is 0 Å². The summed E-state index contributed by atoms with van der Waals surface area (Å²) >= 11 is 5.93. The molecule has 88 valence electrons. The molecule has 1 saturated heterocycles. The van der Waals surface area contributed by atoms with Crippen molar-refractivity contribution in [3.05, 3.63) is 34.9 Å². The van der Waals surface area contributed by atoms with Crippen LogP contribution < -0.4 is 5.32 Å². The fourth-order valence-corrected chi connectivity index (χ4v) is 2.31. The summed E-state index contributed by atoms with van der Waals surface area (Å²) < 4.78 is 5.50. The molecule has 1 heterocycles. The summed E-state index contributed by atoms with van der Waals surface area (Å²) in [5.41, 5.74) is 1.28. The van der Waals surface area contributed by atoms with Crippen LogP contribution in [0.2, 0.25) is 5.02 Å². The second kappa shape index (κ2) is 5.67. The van der Waals surface area contributed by atoms with E-state index in [1.54, 1.807) is 0 Å². The highest BCUT2D eigenvalue weighted by Gasteiger charge is 2.22. The predicted octanol–water partition coefficient (Wildman–Crippen LogP) is 2.65. The first-order valence-electron chi connectivity index (χ1n) is 5.85. The molecule has 16 heavy (non-hydrogen) atoms. The highest BCUT2D eigenvalue weighted by atomic mass is 35.5. The van der Waals surface area contributed by atoms with Crippen LogP contribution in [0.1, 0.15) is 18.9 Å². The van der Waals surface area contributed by atoms with Crippen molar-refractivity contribution in [1.29, 1.82) is 0 Å². The first-order chi connectivity index (χ1) is 7.75. The highest BCUT2D eigenvalue weighted by Crippen LogP contribution is 2.13. The van der Waals surface area contributed by atoms with Crippen LogP contribution in [0.4, 0.5) is 0 Å². The van der Waals surface area contributed by atoms with Crippen LogP contribution in [0.25, 0.3) is 0 Å². The van der Waals surface area contributed by atoms with Crippen LogP contribution in [0.15, 0.2) is 24.3 Å². The number of nitrogens with one attached hydrogen (secondary N) is 1. The van der Waals surface area contributed by atoms with E-state index in [1.165, 1.54) is 5.56 Å². The second-order valence-corrected chi connectivity index (χ2v) is 4.74. The van der Waals surface area contributed by atoms with Crippen molar-refractivity contribution < 1.29 is 4.74 Å². The molecule has 1 aromatic rings. The van der Waals surface area contributed by atoms with Gasteiger partial charge in [-0.05, 0) is 44.0 Å². The van der Waals surface area contributed by atoms with E-state index in [4.69, 9.17) is 16.3 Å². The van der Waals surface area contributed by atoms with Gasteiger partial charge in [0.1, 0.15) is 0 Å². The van der Waals surface area contributed by atoms with Gasteiger partial charge in [0.15, 0.2) is 0 Å². The largest absolute Gasteiger partial charge is 0.377 e. The molecule has 3 heteroatoms. The Morgan fingerprint density at radius 3 is 3.06 bits per heavy atom. The summed E-state index contributed by atoms with van der Waals surface area (Å²) in [5, 5.41) is 4.35. The maximum absolute atomic E-state index is 5.93. The number of halogens is 1. The molecule has 1 aliphatic heterocycles. The van der Waals surface area contributed by atoms with Gasteiger partial charge in [0.2, 0.25) is 0 Å². The molecule has 0 radical (unpaired) electrons. The zero-order chi connectivity index (χ0) is 11.4. The lowest BCUT2D eigenvalue weighted by atomic mass is 10.1. The number of hydrogen-bond donors (Lipinski definition) is 1. The molecular weight excluding hydrogens is 222 g/mol. The molecule has 2 unspecified atom stereocenters. The lowest BCUT2D eigenvalue weighted by Gasteiger charge is -2.15. The Labute approximate surface area is 102 Å². The summed E-state index contributed by atoms with van der Waals surface area (Å²) in [7, 11) is 0. The minimum absolute atomic E-state index is 0.347. The van der Waals surface area contributed by atoms with Gasteiger partial charge in [-0.2, -0.15) is 0 Å². The number of benzene rings is 1. The summed E-state index contributed by atoms with van der Waals surface area (Å²) in [6, 6.07) is 8.56. The van der Waals surface area contributed by atoms with E-state index >= 15 is 0 Å². The van der Waals surface area contributed by atoms with Gasteiger partial charge in [0.25, 0.3) is 0 Å². The molecular formula is C13H18ClNO. The molecule has 2 rings (SSSR count). The quantitative estimate of drug-likeness (QED) is 0.872. The van der Waals surface area contributed by atoms with Crippen LogP contribution >= 0.6 is 11.6 Å². The first-order valence-corrected chi connectivity index (χ1v) is 6.23. The van der Waals surface area contributed by atoms with Crippen molar-refractivity contribution in [2.75, 3.05) is 13.2 Å². The zero-order valence-corrected chi connectivity index (χ0v) is 10.3. The van der Waals surface area contributed by atoms with Crippen molar-refractivity contribution in [3.8, 4) is 0 Å². The van der Waals surface area contributed by atoms with E-state index in [2.05, 4.69) is 18.3 Å². The first kappa shape index (κ1) is 11.9. The van der Waals surface area contributed by atoms with E-state index in [9.17, 15) is 0 Å². The second-order valence-electron chi connectivity index (χ2n) is 4.31. The molecule has 2 atom stereocenters. The zero-order valence-electron chi connectivity index (χ0n) is 9.58. The topological polar surface area (TPSA) is 21.3 Å². The van der Waals surface area contributed by atoms with Gasteiger partial charge in [-0.25, -0.2) is 0 Å². The lowest BCUT2D eigenvalue weighted by molar-refractivity contribution is 0.113. The molecule has 0 amide bonds. The summed E-state index contributed by atoms with van der Waals surface area (Å²) in [6.45, 7) is 4.00. The Morgan fingerprint density at radius 2 is 2.38 bits per heavy atom. The van der Waals surface area contributed by atoms with Crippen LogP contribution in [-0.4, -0.2) is 25.3 Å². The van der Waals surface area contributed by atoms with Gasteiger partial charge in [-0.3, -0.25) is 0 Å². The standard InChI is InChI=1S/C13H18ClNO/c1-10-13(6-8-16-10)15-7-5-11-3-2-4-12(14)9-11/h2-4,9-10,13,15H,5-8H2,1H3. The van der Waals surface area contributed by atoms with Gasteiger partial charge in [0.05, 0.1) is 6.10 Å². The SMILES string of the molecule is CC1OCCC1NCCc1cccc(Cl)c1. The normalized spacial score (nSPS) is 24.9. The average Bonchev–Trinajstić information content (AvgIpc) is 2.65. The molecule has 1 fully saturated rings. The molecule has 0 bridgehead atoms. The minimum atomic E-state index is 0.347. The average molecular weight is 240 g/mol. The maximum atomic E-state index is 5.93. The number of ether oxygens (including phenoxy) is 1. The third kappa shape index (κ3) is 3.21. The summed E-state index contributed by atoms with van der Waals surface area (Å²) in [5.74, 6) is 0. The van der Waals surface area contributed by atoms with Crippen molar-refractivity contribution in [2.45, 2.75) is 31.9 Å². The number of hydrogen-bond acceptors (Lipinski definition) is 2. The Bertz CT molecular complexity index is 342. The molecule has 1 aromatic carbocycles. The Kier molecular flexibility index (Phi) is 4.22. The molecule has 0 spiro atoms. The van der Waals surface area contributed by atoms with E-state index in [-0.39, 0.29) is 0 Å². The molecule has 0 aromatic heterocycles. The van der Waals surface area contributed by atoms with Gasteiger partial charge < -0.3 is 10.1 Å². The smallest absolute Gasteiger partial charge is 0.0700 e. The highest BCUT2D eigenvalue weighted by molar-refractivity contribution is 6.30. The van der Waals surface area contributed by atoms with Gasteiger partial charge in [-0.1, -0.05) is 23.7 Å².